The smallest absolute Gasteiger partial charge is 0.0883 e. The normalized spacial score (nSPS) is 18.1. The molecule has 0 saturated heterocycles. The van der Waals surface area contributed by atoms with Crippen LogP contribution in [-0.4, -0.2) is 16.6 Å². The van der Waals surface area contributed by atoms with Crippen LogP contribution in [0.5, 0.6) is 0 Å². The van der Waals surface area contributed by atoms with Crippen molar-refractivity contribution in [3.63, 3.8) is 0 Å². The molecular weight excluding hydrogens is 216 g/mol. The third kappa shape index (κ3) is 2.61. The fraction of sp³-hybridized carbons (Fsp3) is 0.571. The van der Waals surface area contributed by atoms with E-state index in [4.69, 9.17) is 0 Å². The summed E-state index contributed by atoms with van der Waals surface area (Å²) in [6.45, 7) is 2.13. The number of benzene rings is 1. The van der Waals surface area contributed by atoms with Gasteiger partial charge in [-0.1, -0.05) is 37.6 Å². The molecule has 1 aromatic carbocycles. The molecule has 0 spiro atoms. The van der Waals surface area contributed by atoms with Crippen LogP contribution in [0.3, 0.4) is 0 Å². The molecule has 1 fully saturated rings. The Balaban J connectivity index is 2.11. The van der Waals surface area contributed by atoms with Gasteiger partial charge in [0.25, 0.3) is 0 Å². The van der Waals surface area contributed by atoms with E-state index in [0.717, 1.165) is 17.1 Å². The number of hydrogen-bond acceptors (Lipinski definition) is 2. The van der Waals surface area contributed by atoms with Gasteiger partial charge in [0.2, 0.25) is 0 Å². The third-order valence-electron chi connectivity index (χ3n) is 3.38. The zero-order chi connectivity index (χ0) is 11.4. The van der Waals surface area contributed by atoms with Crippen molar-refractivity contribution in [2.75, 3.05) is 11.5 Å². The predicted molar refractivity (Wildman–Crippen MR) is 71.0 cm³/mol. The first kappa shape index (κ1) is 12.0. The average Bonchev–Trinajstić information content (AvgIpc) is 2.24. The van der Waals surface area contributed by atoms with Gasteiger partial charge in [-0.2, -0.15) is 11.8 Å². The van der Waals surface area contributed by atoms with Crippen LogP contribution in [0.15, 0.2) is 24.3 Å². The standard InChI is InChI=1S/C14H20OS/c1-2-16-10-14(15)13-9-4-3-8-12(13)11-6-5-7-11/h3-4,8-9,11,14-15H,2,5-7,10H2,1H3. The Morgan fingerprint density at radius 3 is 2.75 bits per heavy atom. The monoisotopic (exact) mass is 236 g/mol. The quantitative estimate of drug-likeness (QED) is 0.840. The van der Waals surface area contributed by atoms with E-state index in [2.05, 4.69) is 25.1 Å². The number of aliphatic hydroxyl groups excluding tert-OH is 1. The number of rotatable bonds is 5. The lowest BCUT2D eigenvalue weighted by Crippen LogP contribution is -2.14. The highest BCUT2D eigenvalue weighted by Crippen LogP contribution is 2.39. The van der Waals surface area contributed by atoms with Crippen LogP contribution in [0.25, 0.3) is 0 Å². The Bertz CT molecular complexity index is 333. The molecule has 2 rings (SSSR count). The molecule has 0 heterocycles. The fourth-order valence-electron chi connectivity index (χ4n) is 2.22. The van der Waals surface area contributed by atoms with Gasteiger partial charge in [-0.15, -0.1) is 0 Å². The van der Waals surface area contributed by atoms with Gasteiger partial charge >= 0.3 is 0 Å². The highest BCUT2D eigenvalue weighted by Gasteiger charge is 2.23. The Morgan fingerprint density at radius 1 is 1.38 bits per heavy atom. The number of thioether (sulfide) groups is 1. The molecule has 1 N–H and O–H groups in total. The summed E-state index contributed by atoms with van der Waals surface area (Å²) in [4.78, 5) is 0. The van der Waals surface area contributed by atoms with Crippen molar-refractivity contribution in [2.24, 2.45) is 0 Å². The molecule has 1 saturated carbocycles. The first-order chi connectivity index (χ1) is 7.83. The van der Waals surface area contributed by atoms with Crippen molar-refractivity contribution in [3.05, 3.63) is 35.4 Å². The summed E-state index contributed by atoms with van der Waals surface area (Å²) in [6.07, 6.45) is 3.65. The van der Waals surface area contributed by atoms with Crippen LogP contribution in [-0.2, 0) is 0 Å². The van der Waals surface area contributed by atoms with Crippen LogP contribution in [0.2, 0.25) is 0 Å². The molecule has 1 nitrogen and oxygen atoms in total. The van der Waals surface area contributed by atoms with E-state index in [9.17, 15) is 5.11 Å². The summed E-state index contributed by atoms with van der Waals surface area (Å²) < 4.78 is 0. The zero-order valence-electron chi connectivity index (χ0n) is 9.86. The van der Waals surface area contributed by atoms with Crippen molar-refractivity contribution < 1.29 is 5.11 Å². The summed E-state index contributed by atoms with van der Waals surface area (Å²) in [6, 6.07) is 8.42. The van der Waals surface area contributed by atoms with Crippen LogP contribution in [0.1, 0.15) is 49.3 Å². The van der Waals surface area contributed by atoms with E-state index in [-0.39, 0.29) is 6.10 Å². The minimum Gasteiger partial charge on any atom is -0.388 e. The molecule has 0 bridgehead atoms. The molecule has 0 aromatic heterocycles. The van der Waals surface area contributed by atoms with E-state index < -0.39 is 0 Å². The SMILES string of the molecule is CCSCC(O)c1ccccc1C1CCC1. The van der Waals surface area contributed by atoms with Crippen LogP contribution in [0, 0.1) is 0 Å². The number of hydrogen-bond donors (Lipinski definition) is 1. The summed E-state index contributed by atoms with van der Waals surface area (Å²) in [5.74, 6) is 2.60. The van der Waals surface area contributed by atoms with Gasteiger partial charge in [-0.25, -0.2) is 0 Å². The molecule has 2 heteroatoms. The van der Waals surface area contributed by atoms with Gasteiger partial charge in [0.05, 0.1) is 6.10 Å². The second-order valence-electron chi connectivity index (χ2n) is 4.43. The maximum atomic E-state index is 10.2. The minimum absolute atomic E-state index is 0.290. The van der Waals surface area contributed by atoms with Gasteiger partial charge in [0.15, 0.2) is 0 Å². The van der Waals surface area contributed by atoms with Gasteiger partial charge in [0, 0.05) is 5.75 Å². The van der Waals surface area contributed by atoms with Gasteiger partial charge < -0.3 is 5.11 Å². The largest absolute Gasteiger partial charge is 0.388 e. The van der Waals surface area contributed by atoms with E-state index in [1.54, 1.807) is 0 Å². The fourth-order valence-corrected chi connectivity index (χ4v) is 2.86. The second kappa shape index (κ2) is 5.74. The van der Waals surface area contributed by atoms with E-state index in [1.807, 2.05) is 17.8 Å². The molecule has 1 aromatic rings. The Kier molecular flexibility index (Phi) is 4.30. The van der Waals surface area contributed by atoms with Crippen LogP contribution < -0.4 is 0 Å². The molecule has 0 radical (unpaired) electrons. The summed E-state index contributed by atoms with van der Waals surface area (Å²) in [7, 11) is 0. The minimum atomic E-state index is -0.290. The van der Waals surface area contributed by atoms with E-state index in [0.29, 0.717) is 5.92 Å². The molecule has 1 aliphatic carbocycles. The number of aliphatic hydroxyl groups is 1. The van der Waals surface area contributed by atoms with Crippen LogP contribution >= 0.6 is 11.8 Å². The average molecular weight is 236 g/mol. The topological polar surface area (TPSA) is 20.2 Å². The molecule has 1 atom stereocenters. The first-order valence-corrected chi connectivity index (χ1v) is 7.33. The molecule has 1 aliphatic rings. The molecule has 16 heavy (non-hydrogen) atoms. The lowest BCUT2D eigenvalue weighted by atomic mass is 9.77. The molecule has 1 unspecified atom stereocenters. The maximum absolute atomic E-state index is 10.2. The van der Waals surface area contributed by atoms with Gasteiger partial charge in [-0.05, 0) is 35.6 Å². The van der Waals surface area contributed by atoms with Crippen molar-refractivity contribution in [2.45, 2.75) is 38.2 Å². The Morgan fingerprint density at radius 2 is 2.12 bits per heavy atom. The van der Waals surface area contributed by atoms with E-state index >= 15 is 0 Å². The highest BCUT2D eigenvalue weighted by molar-refractivity contribution is 7.99. The zero-order valence-corrected chi connectivity index (χ0v) is 10.7. The lowest BCUT2D eigenvalue weighted by Gasteiger charge is -2.29. The van der Waals surface area contributed by atoms with Crippen molar-refractivity contribution in [1.82, 2.24) is 0 Å². The summed E-state index contributed by atoms with van der Waals surface area (Å²) in [5.41, 5.74) is 2.55. The molecule has 0 amide bonds. The van der Waals surface area contributed by atoms with Crippen molar-refractivity contribution in [3.8, 4) is 0 Å². The first-order valence-electron chi connectivity index (χ1n) is 6.17. The van der Waals surface area contributed by atoms with Gasteiger partial charge in [0.1, 0.15) is 0 Å². The second-order valence-corrected chi connectivity index (χ2v) is 5.75. The maximum Gasteiger partial charge on any atom is 0.0883 e. The summed E-state index contributed by atoms with van der Waals surface area (Å²) >= 11 is 1.81. The Labute approximate surface area is 102 Å². The van der Waals surface area contributed by atoms with E-state index in [1.165, 1.54) is 24.8 Å². The van der Waals surface area contributed by atoms with Crippen molar-refractivity contribution >= 4 is 11.8 Å². The summed E-state index contributed by atoms with van der Waals surface area (Å²) in [5, 5.41) is 10.2. The Hall–Kier alpha value is -0.470. The highest BCUT2D eigenvalue weighted by atomic mass is 32.2. The molecule has 88 valence electrons. The predicted octanol–water partition coefficient (Wildman–Crippen LogP) is 3.74. The third-order valence-corrected chi connectivity index (χ3v) is 4.34. The lowest BCUT2D eigenvalue weighted by molar-refractivity contribution is 0.201. The molecule has 0 aliphatic heterocycles. The van der Waals surface area contributed by atoms with Gasteiger partial charge in [-0.3, -0.25) is 0 Å². The van der Waals surface area contributed by atoms with Crippen molar-refractivity contribution in [1.29, 1.82) is 0 Å². The molecular formula is C14H20OS. The van der Waals surface area contributed by atoms with Crippen LogP contribution in [0.4, 0.5) is 0 Å².